The number of carbonyl (C=O) groups is 1. The van der Waals surface area contributed by atoms with E-state index < -0.39 is 55.6 Å². The zero-order chi connectivity index (χ0) is 32.9. The first kappa shape index (κ1) is 32.5. The molecule has 3 aliphatic rings. The van der Waals surface area contributed by atoms with E-state index in [0.717, 1.165) is 32.1 Å². The first-order chi connectivity index (χ1) is 21.9. The Kier molecular flexibility index (Phi) is 8.49. The maximum absolute atomic E-state index is 15.0. The molecule has 2 saturated carbocycles. The molecule has 2 unspecified atom stereocenters. The van der Waals surface area contributed by atoms with Crippen molar-refractivity contribution >= 4 is 30.8 Å². The number of esters is 1. The number of carbonyl (C=O) groups excluding carboxylic acids is 1. The number of para-hydroxylation sites is 1. The summed E-state index contributed by atoms with van der Waals surface area (Å²) in [5, 5.41) is 26.3. The highest BCUT2D eigenvalue weighted by Crippen LogP contribution is 2.71. The number of fused-ring (bicyclic) bond motifs is 2. The molecule has 46 heavy (non-hydrogen) atoms. The molecule has 3 aromatic rings. The lowest BCUT2D eigenvalue weighted by molar-refractivity contribution is -0.162. The van der Waals surface area contributed by atoms with E-state index in [4.69, 9.17) is 29.0 Å². The molecule has 2 aromatic heterocycles. The summed E-state index contributed by atoms with van der Waals surface area (Å²) in [7, 11) is -4.59. The molecule has 3 heterocycles. The van der Waals surface area contributed by atoms with Gasteiger partial charge in [0.2, 0.25) is 11.8 Å². The van der Waals surface area contributed by atoms with Crippen molar-refractivity contribution in [3.05, 3.63) is 36.7 Å². The summed E-state index contributed by atoms with van der Waals surface area (Å²) < 4.78 is 59.3. The van der Waals surface area contributed by atoms with Crippen LogP contribution in [-0.4, -0.2) is 84.0 Å². The average molecular weight is 665 g/mol. The van der Waals surface area contributed by atoms with Crippen LogP contribution in [-0.2, 0) is 23.4 Å². The number of hydrogen-bond acceptors (Lipinski definition) is 13. The molecular formula is C29H38FN6O9P. The van der Waals surface area contributed by atoms with Gasteiger partial charge < -0.3 is 34.7 Å². The largest absolute Gasteiger partial charge is 0.476 e. The Balaban J connectivity index is 1.28. The van der Waals surface area contributed by atoms with Crippen molar-refractivity contribution in [1.29, 1.82) is 0 Å². The fourth-order valence-corrected chi connectivity index (χ4v) is 8.12. The van der Waals surface area contributed by atoms with Gasteiger partial charge in [-0.3, -0.25) is 13.9 Å². The van der Waals surface area contributed by atoms with E-state index in [1.54, 1.807) is 25.1 Å². The summed E-state index contributed by atoms with van der Waals surface area (Å²) in [6.07, 6.45) is 2.25. The highest BCUT2D eigenvalue weighted by atomic mass is 31.2. The number of aliphatic hydroxyl groups is 2. The fraction of sp³-hybridized carbons (Fsp3) is 0.586. The molecular weight excluding hydrogens is 626 g/mol. The van der Waals surface area contributed by atoms with Crippen molar-refractivity contribution in [3.8, 4) is 11.6 Å². The summed E-state index contributed by atoms with van der Waals surface area (Å²) >= 11 is 0. The molecule has 7 atom stereocenters. The third kappa shape index (κ3) is 5.30. The van der Waals surface area contributed by atoms with Crippen LogP contribution in [0.3, 0.4) is 0 Å². The monoisotopic (exact) mass is 664 g/mol. The molecule has 5 N–H and O–H groups in total. The second kappa shape index (κ2) is 12.0. The van der Waals surface area contributed by atoms with Crippen LogP contribution in [0.5, 0.6) is 11.6 Å². The fourth-order valence-electron chi connectivity index (χ4n) is 6.39. The SMILES string of the molecule is CCOc1nc(N)nc2c1ncn2[C@@H]1O[C@]2(CF)C(OP(=O)(N[C@@H](C)C(=O)OC3CCCCC3)Oc3ccccc3)[C@]2(O)[C@@]1(C)O. The lowest BCUT2D eigenvalue weighted by Gasteiger charge is -2.34. The first-order valence-electron chi connectivity index (χ1n) is 15.2. The maximum Gasteiger partial charge on any atom is 0.459 e. The maximum atomic E-state index is 15.0. The number of anilines is 1. The molecule has 250 valence electrons. The number of rotatable bonds is 12. The van der Waals surface area contributed by atoms with Crippen molar-refractivity contribution in [3.63, 3.8) is 0 Å². The predicted molar refractivity (Wildman–Crippen MR) is 160 cm³/mol. The van der Waals surface area contributed by atoms with Gasteiger partial charge in [0.05, 0.1) is 12.9 Å². The Morgan fingerprint density at radius 2 is 1.96 bits per heavy atom. The van der Waals surface area contributed by atoms with Crippen LogP contribution in [0.2, 0.25) is 0 Å². The topological polar surface area (TPSA) is 202 Å². The number of aromatic nitrogens is 4. The zero-order valence-corrected chi connectivity index (χ0v) is 26.6. The molecule has 1 aliphatic heterocycles. The second-order valence-electron chi connectivity index (χ2n) is 12.0. The molecule has 2 aliphatic carbocycles. The number of benzene rings is 1. The van der Waals surface area contributed by atoms with Crippen LogP contribution >= 0.6 is 7.75 Å². The van der Waals surface area contributed by atoms with Crippen LogP contribution in [0.1, 0.15) is 59.1 Å². The van der Waals surface area contributed by atoms with E-state index >= 15 is 0 Å². The van der Waals surface area contributed by atoms with Gasteiger partial charge in [-0.2, -0.15) is 15.1 Å². The lowest BCUT2D eigenvalue weighted by Crippen LogP contribution is -2.49. The van der Waals surface area contributed by atoms with E-state index in [0.29, 0.717) is 0 Å². The lowest BCUT2D eigenvalue weighted by atomic mass is 9.94. The zero-order valence-electron chi connectivity index (χ0n) is 25.7. The third-order valence-electron chi connectivity index (χ3n) is 8.83. The van der Waals surface area contributed by atoms with Gasteiger partial charge in [-0.25, -0.2) is 13.9 Å². The molecule has 1 saturated heterocycles. The molecule has 17 heteroatoms. The van der Waals surface area contributed by atoms with Crippen molar-refractivity contribution in [1.82, 2.24) is 24.6 Å². The summed E-state index contributed by atoms with van der Waals surface area (Å²) in [5.41, 5.74) is -0.739. The molecule has 0 spiro atoms. The Morgan fingerprint density at radius 3 is 2.61 bits per heavy atom. The smallest absolute Gasteiger partial charge is 0.459 e. The highest BCUT2D eigenvalue weighted by molar-refractivity contribution is 7.52. The van der Waals surface area contributed by atoms with Gasteiger partial charge in [0.1, 0.15) is 36.3 Å². The summed E-state index contributed by atoms with van der Waals surface area (Å²) in [5.74, 6) is -0.629. The van der Waals surface area contributed by atoms with Crippen molar-refractivity contribution in [2.45, 2.75) is 94.2 Å². The van der Waals surface area contributed by atoms with E-state index in [1.165, 1.54) is 36.9 Å². The molecule has 1 aromatic carbocycles. The number of nitrogens with one attached hydrogen (secondary N) is 1. The number of hydrogen-bond donors (Lipinski definition) is 4. The van der Waals surface area contributed by atoms with Crippen molar-refractivity contribution in [2.24, 2.45) is 0 Å². The van der Waals surface area contributed by atoms with E-state index in [1.807, 2.05) is 0 Å². The number of halogens is 1. The van der Waals surface area contributed by atoms with Gasteiger partial charge in [-0.05, 0) is 58.6 Å². The second-order valence-corrected chi connectivity index (χ2v) is 13.6. The van der Waals surface area contributed by atoms with Crippen molar-refractivity contribution < 1.29 is 47.2 Å². The minimum absolute atomic E-state index is 0.0906. The number of nitrogens with two attached hydrogens (primary N) is 1. The summed E-state index contributed by atoms with van der Waals surface area (Å²) in [6.45, 7) is 3.31. The number of ether oxygens (including phenoxy) is 3. The molecule has 15 nitrogen and oxygen atoms in total. The van der Waals surface area contributed by atoms with E-state index in [-0.39, 0.29) is 41.5 Å². The Morgan fingerprint density at radius 1 is 1.24 bits per heavy atom. The highest BCUT2D eigenvalue weighted by Gasteiger charge is 2.93. The molecule has 0 bridgehead atoms. The Labute approximate surface area is 264 Å². The number of imidazole rings is 1. The van der Waals surface area contributed by atoms with Gasteiger partial charge in [0, 0.05) is 0 Å². The average Bonchev–Trinajstić information content (AvgIpc) is 3.24. The van der Waals surface area contributed by atoms with E-state index in [2.05, 4.69) is 20.0 Å². The summed E-state index contributed by atoms with van der Waals surface area (Å²) in [4.78, 5) is 25.5. The molecule has 6 rings (SSSR count). The minimum atomic E-state index is -4.59. The quantitative estimate of drug-likeness (QED) is 0.163. The van der Waals surface area contributed by atoms with Gasteiger partial charge in [-0.1, -0.05) is 24.6 Å². The first-order valence-corrected chi connectivity index (χ1v) is 16.8. The Bertz CT molecular complexity index is 1640. The van der Waals surface area contributed by atoms with Gasteiger partial charge in [0.25, 0.3) is 0 Å². The van der Waals surface area contributed by atoms with Crippen LogP contribution < -0.4 is 20.1 Å². The normalized spacial score (nSPS) is 31.2. The number of alkyl halides is 1. The van der Waals surface area contributed by atoms with Crippen LogP contribution in [0, 0.1) is 0 Å². The molecule has 3 fully saturated rings. The molecule has 0 radical (unpaired) electrons. The molecule has 0 amide bonds. The predicted octanol–water partition coefficient (Wildman–Crippen LogP) is 2.97. The van der Waals surface area contributed by atoms with Gasteiger partial charge in [-0.15, -0.1) is 0 Å². The van der Waals surface area contributed by atoms with Gasteiger partial charge >= 0.3 is 13.7 Å². The van der Waals surface area contributed by atoms with E-state index in [9.17, 15) is 24.0 Å². The van der Waals surface area contributed by atoms with Crippen LogP contribution in [0.15, 0.2) is 36.7 Å². The Hall–Kier alpha value is -3.40. The summed E-state index contributed by atoms with van der Waals surface area (Å²) in [6, 6.07) is 6.80. The van der Waals surface area contributed by atoms with Crippen molar-refractivity contribution in [2.75, 3.05) is 19.0 Å². The number of nitrogen functional groups attached to an aromatic ring is 1. The minimum Gasteiger partial charge on any atom is -0.476 e. The van der Waals surface area contributed by atoms with Gasteiger partial charge in [0.15, 0.2) is 28.6 Å². The standard InChI is InChI=1S/C29H38FN6O9P/c1-4-41-22-20-21(33-26(31)34-22)36(16-32-20)25-27(3,38)29(39)24(28(29,15-30)43-25)45-46(40,44-19-13-9-6-10-14-19)35-17(2)23(37)42-18-11-7-5-8-12-18/h6,9-10,13-14,16-18,24-25,38-39H,4-5,7-8,11-12,15H2,1-3H3,(H,35,40)(H2,31,33,34)/t17-,24?,25+,27-,28+,29-,46?/m0/s1. The van der Waals surface area contributed by atoms with Crippen LogP contribution in [0.25, 0.3) is 11.2 Å². The third-order valence-corrected chi connectivity index (χ3v) is 10.5. The van der Waals surface area contributed by atoms with Crippen LogP contribution in [0.4, 0.5) is 10.3 Å². The number of nitrogens with zero attached hydrogens (tertiary/aromatic N) is 4.